The van der Waals surface area contributed by atoms with Crippen LogP contribution in [-0.2, 0) is 6.18 Å². The van der Waals surface area contributed by atoms with Gasteiger partial charge < -0.3 is 10.2 Å². The SMILES string of the molecule is Cc1ccc(-n2nccn2)c(C(=O)N2CC(F)(F)C[C@@H](C)[C@H]2CNc2ncc(C(F)(F)F)cn2)n1. The molecule has 0 spiro atoms. The van der Waals surface area contributed by atoms with E-state index in [1.807, 2.05) is 0 Å². The molecule has 0 aliphatic carbocycles. The van der Waals surface area contributed by atoms with Gasteiger partial charge in [-0.05, 0) is 25.0 Å². The number of amides is 1. The monoisotopic (exact) mass is 496 g/mol. The second kappa shape index (κ2) is 9.15. The van der Waals surface area contributed by atoms with E-state index in [4.69, 9.17) is 0 Å². The standard InChI is InChI=1S/C21H21F5N8O/c1-12-7-20(22,23)11-33(16(12)10-29-19-27-8-14(9-28-19)21(24,25)26)18(35)17-15(4-3-13(2)32-17)34-30-5-6-31-34/h3-6,8-9,12,16H,7,10-11H2,1-2H3,(H,27,28,29)/t12-,16-/m1/s1. The van der Waals surface area contributed by atoms with Crippen LogP contribution in [-0.4, -0.2) is 65.8 Å². The summed E-state index contributed by atoms with van der Waals surface area (Å²) in [4.78, 5) is 27.3. The van der Waals surface area contributed by atoms with Crippen molar-refractivity contribution < 1.29 is 26.7 Å². The second-order valence-electron chi connectivity index (χ2n) is 8.35. The summed E-state index contributed by atoms with van der Waals surface area (Å²) in [7, 11) is 0. The Morgan fingerprint density at radius 3 is 2.46 bits per heavy atom. The van der Waals surface area contributed by atoms with Gasteiger partial charge in [-0.1, -0.05) is 6.92 Å². The van der Waals surface area contributed by atoms with Gasteiger partial charge in [-0.15, -0.1) is 4.80 Å². The number of anilines is 1. The summed E-state index contributed by atoms with van der Waals surface area (Å²) < 4.78 is 67.3. The first-order chi connectivity index (χ1) is 16.4. The lowest BCUT2D eigenvalue weighted by atomic mass is 9.88. The van der Waals surface area contributed by atoms with Crippen molar-refractivity contribution in [1.82, 2.24) is 34.8 Å². The summed E-state index contributed by atoms with van der Waals surface area (Å²) in [5.41, 5.74) is -0.392. The van der Waals surface area contributed by atoms with Crippen molar-refractivity contribution in [3.8, 4) is 5.69 Å². The van der Waals surface area contributed by atoms with Crippen molar-refractivity contribution in [2.24, 2.45) is 5.92 Å². The number of halogens is 5. The van der Waals surface area contributed by atoms with Crippen LogP contribution in [0.3, 0.4) is 0 Å². The smallest absolute Gasteiger partial charge is 0.352 e. The zero-order valence-electron chi connectivity index (χ0n) is 18.7. The molecule has 186 valence electrons. The van der Waals surface area contributed by atoms with Crippen LogP contribution in [0.5, 0.6) is 0 Å². The molecule has 1 amide bonds. The maximum absolute atomic E-state index is 14.5. The number of piperidine rings is 1. The van der Waals surface area contributed by atoms with Crippen LogP contribution in [0, 0.1) is 12.8 Å². The molecule has 1 fully saturated rings. The number of carbonyl (C=O) groups excluding carboxylic acids is 1. The number of carbonyl (C=O) groups is 1. The predicted octanol–water partition coefficient (Wildman–Crippen LogP) is 3.38. The Labute approximate surface area is 196 Å². The van der Waals surface area contributed by atoms with Crippen molar-refractivity contribution in [2.45, 2.75) is 38.4 Å². The number of nitrogens with one attached hydrogen (secondary N) is 1. The zero-order chi connectivity index (χ0) is 25.4. The van der Waals surface area contributed by atoms with Crippen molar-refractivity contribution in [2.75, 3.05) is 18.4 Å². The highest BCUT2D eigenvalue weighted by Crippen LogP contribution is 2.35. The van der Waals surface area contributed by atoms with Crippen LogP contribution in [0.4, 0.5) is 27.9 Å². The van der Waals surface area contributed by atoms with Gasteiger partial charge in [0, 0.05) is 31.1 Å². The van der Waals surface area contributed by atoms with Crippen LogP contribution in [0.25, 0.3) is 5.69 Å². The molecule has 0 radical (unpaired) electrons. The zero-order valence-corrected chi connectivity index (χ0v) is 18.7. The average Bonchev–Trinajstić information content (AvgIpc) is 3.31. The molecule has 0 bridgehead atoms. The molecule has 1 aliphatic heterocycles. The Hall–Kier alpha value is -3.71. The van der Waals surface area contributed by atoms with Gasteiger partial charge in [0.15, 0.2) is 5.69 Å². The van der Waals surface area contributed by atoms with Gasteiger partial charge in [0.25, 0.3) is 11.8 Å². The highest BCUT2D eigenvalue weighted by molar-refractivity contribution is 5.96. The lowest BCUT2D eigenvalue weighted by molar-refractivity contribution is -0.138. The van der Waals surface area contributed by atoms with Crippen molar-refractivity contribution in [3.05, 3.63) is 53.9 Å². The minimum Gasteiger partial charge on any atom is -0.352 e. The Morgan fingerprint density at radius 1 is 1.17 bits per heavy atom. The Kier molecular flexibility index (Phi) is 6.38. The van der Waals surface area contributed by atoms with Crippen LogP contribution in [0.2, 0.25) is 0 Å². The van der Waals surface area contributed by atoms with Crippen LogP contribution in [0.15, 0.2) is 36.9 Å². The number of hydrogen-bond acceptors (Lipinski definition) is 7. The predicted molar refractivity (Wildman–Crippen MR) is 113 cm³/mol. The molecule has 3 aromatic rings. The largest absolute Gasteiger partial charge is 0.419 e. The van der Waals surface area contributed by atoms with E-state index < -0.39 is 48.5 Å². The molecule has 9 nitrogen and oxygen atoms in total. The number of alkyl halides is 5. The first kappa shape index (κ1) is 24.4. The number of nitrogens with zero attached hydrogens (tertiary/aromatic N) is 7. The minimum atomic E-state index is -4.59. The molecule has 2 atom stereocenters. The number of aryl methyl sites for hydroxylation is 1. The molecule has 1 N–H and O–H groups in total. The van der Waals surface area contributed by atoms with E-state index in [1.165, 1.54) is 17.2 Å². The van der Waals surface area contributed by atoms with E-state index in [1.54, 1.807) is 26.0 Å². The molecular formula is C21H21F5N8O. The third kappa shape index (κ3) is 5.35. The van der Waals surface area contributed by atoms with Crippen molar-refractivity contribution in [3.63, 3.8) is 0 Å². The van der Waals surface area contributed by atoms with Gasteiger partial charge in [0.2, 0.25) is 5.95 Å². The highest BCUT2D eigenvalue weighted by Gasteiger charge is 2.46. The first-order valence-corrected chi connectivity index (χ1v) is 10.6. The van der Waals surface area contributed by atoms with Crippen LogP contribution in [0.1, 0.15) is 35.1 Å². The Morgan fingerprint density at radius 2 is 1.83 bits per heavy atom. The maximum atomic E-state index is 14.5. The number of rotatable bonds is 5. The summed E-state index contributed by atoms with van der Waals surface area (Å²) in [6, 6.07) is 2.47. The van der Waals surface area contributed by atoms with Crippen molar-refractivity contribution in [1.29, 1.82) is 0 Å². The number of likely N-dealkylation sites (tertiary alicyclic amines) is 1. The Balaban J connectivity index is 1.61. The molecule has 35 heavy (non-hydrogen) atoms. The average molecular weight is 496 g/mol. The fourth-order valence-electron chi connectivity index (χ4n) is 3.98. The molecule has 1 saturated heterocycles. The third-order valence-corrected chi connectivity index (χ3v) is 5.64. The lowest BCUT2D eigenvalue weighted by Gasteiger charge is -2.43. The Bertz CT molecular complexity index is 1180. The summed E-state index contributed by atoms with van der Waals surface area (Å²) in [5.74, 6) is -4.65. The first-order valence-electron chi connectivity index (χ1n) is 10.6. The second-order valence-corrected chi connectivity index (χ2v) is 8.35. The third-order valence-electron chi connectivity index (χ3n) is 5.64. The maximum Gasteiger partial charge on any atom is 0.419 e. The topological polar surface area (TPSA) is 102 Å². The van der Waals surface area contributed by atoms with E-state index >= 15 is 0 Å². The molecule has 1 aliphatic rings. The van der Waals surface area contributed by atoms with Gasteiger partial charge in [-0.25, -0.2) is 23.7 Å². The number of pyridine rings is 1. The van der Waals surface area contributed by atoms with Gasteiger partial charge in [0.1, 0.15) is 5.69 Å². The van der Waals surface area contributed by atoms with Gasteiger partial charge >= 0.3 is 6.18 Å². The van der Waals surface area contributed by atoms with E-state index in [2.05, 4.69) is 30.5 Å². The van der Waals surface area contributed by atoms with Gasteiger partial charge in [0.05, 0.1) is 30.5 Å². The highest BCUT2D eigenvalue weighted by atomic mass is 19.4. The van der Waals surface area contributed by atoms with Crippen LogP contribution < -0.4 is 5.32 Å². The molecule has 4 heterocycles. The van der Waals surface area contributed by atoms with Gasteiger partial charge in [-0.2, -0.15) is 23.4 Å². The van der Waals surface area contributed by atoms with Gasteiger partial charge in [-0.3, -0.25) is 4.79 Å². The molecule has 14 heteroatoms. The molecule has 0 saturated carbocycles. The number of hydrogen-bond donors (Lipinski definition) is 1. The summed E-state index contributed by atoms with van der Waals surface area (Å²) >= 11 is 0. The summed E-state index contributed by atoms with van der Waals surface area (Å²) in [6.07, 6.45) is -1.00. The molecular weight excluding hydrogens is 475 g/mol. The summed E-state index contributed by atoms with van der Waals surface area (Å²) in [6.45, 7) is 2.33. The molecule has 3 aromatic heterocycles. The van der Waals surface area contributed by atoms with E-state index in [-0.39, 0.29) is 23.9 Å². The van der Waals surface area contributed by atoms with E-state index in [9.17, 15) is 26.7 Å². The molecule has 4 rings (SSSR count). The normalized spacial score (nSPS) is 20.0. The minimum absolute atomic E-state index is 0.0600. The molecule has 0 unspecified atom stereocenters. The van der Waals surface area contributed by atoms with E-state index in [0.29, 0.717) is 18.1 Å². The van der Waals surface area contributed by atoms with Crippen LogP contribution >= 0.6 is 0 Å². The molecule has 0 aromatic carbocycles. The lowest BCUT2D eigenvalue weighted by Crippen LogP contribution is -2.57. The van der Waals surface area contributed by atoms with Crippen molar-refractivity contribution >= 4 is 11.9 Å². The van der Waals surface area contributed by atoms with E-state index in [0.717, 1.165) is 4.90 Å². The quantitative estimate of drug-likeness (QED) is 0.541. The number of aromatic nitrogens is 6. The fraction of sp³-hybridized carbons (Fsp3) is 0.429. The fourth-order valence-corrected chi connectivity index (χ4v) is 3.98. The summed E-state index contributed by atoms with van der Waals surface area (Å²) in [5, 5.41) is 10.8.